The van der Waals surface area contributed by atoms with Gasteiger partial charge >= 0.3 is 0 Å². The molecule has 3 aliphatic rings. The molecule has 4 nitrogen and oxygen atoms in total. The first kappa shape index (κ1) is 28.1. The van der Waals surface area contributed by atoms with E-state index >= 15 is 0 Å². The van der Waals surface area contributed by atoms with Crippen LogP contribution in [0.25, 0.3) is 22.1 Å². The molecular weight excluding hydrogens is 562 g/mol. The molecule has 8 rings (SSSR count). The van der Waals surface area contributed by atoms with Crippen LogP contribution >= 0.6 is 0 Å². The van der Waals surface area contributed by atoms with Crippen LogP contribution in [0.4, 0.5) is 0 Å². The summed E-state index contributed by atoms with van der Waals surface area (Å²) in [5.74, 6) is 1.28. The fourth-order valence-corrected chi connectivity index (χ4v) is 7.17. The molecule has 1 aliphatic heterocycles. The molecule has 4 heteroatoms. The fourth-order valence-electron chi connectivity index (χ4n) is 7.17. The lowest BCUT2D eigenvalue weighted by Crippen LogP contribution is -2.22. The van der Waals surface area contributed by atoms with Gasteiger partial charge in [-0.15, -0.1) is 0 Å². The SMILES string of the molecule is C=NC(c1ccc(-c2ccccc2)cc1)C1CCC=C/C1=N/Cc1cccc(C2=NC3=CC=CCC3c3c2oc2ccccc32)c1. The molecule has 0 amide bonds. The van der Waals surface area contributed by atoms with Crippen LogP contribution in [0, 0.1) is 5.92 Å². The van der Waals surface area contributed by atoms with Crippen molar-refractivity contribution in [3.05, 3.63) is 167 Å². The summed E-state index contributed by atoms with van der Waals surface area (Å²) in [4.78, 5) is 15.0. The van der Waals surface area contributed by atoms with Crippen LogP contribution in [0.2, 0.25) is 0 Å². The number of allylic oxidation sites excluding steroid dienone is 6. The van der Waals surface area contributed by atoms with Crippen molar-refractivity contribution >= 4 is 29.1 Å². The van der Waals surface area contributed by atoms with Gasteiger partial charge in [-0.2, -0.15) is 0 Å². The third kappa shape index (κ3) is 5.20. The number of furan rings is 1. The molecule has 0 bridgehead atoms. The summed E-state index contributed by atoms with van der Waals surface area (Å²) in [6, 6.07) is 36.1. The smallest absolute Gasteiger partial charge is 0.158 e. The van der Waals surface area contributed by atoms with Crippen LogP contribution in [0.3, 0.4) is 0 Å². The van der Waals surface area contributed by atoms with E-state index < -0.39 is 0 Å². The second-order valence-electron chi connectivity index (χ2n) is 12.3. The minimum Gasteiger partial charge on any atom is -0.454 e. The van der Waals surface area contributed by atoms with Crippen molar-refractivity contribution in [1.29, 1.82) is 0 Å². The van der Waals surface area contributed by atoms with Crippen LogP contribution in [-0.4, -0.2) is 18.1 Å². The number of nitrogens with zero attached hydrogens (tertiary/aromatic N) is 3. The van der Waals surface area contributed by atoms with Crippen LogP contribution in [0.5, 0.6) is 0 Å². The number of hydrogen-bond donors (Lipinski definition) is 0. The van der Waals surface area contributed by atoms with Gasteiger partial charge in [0.05, 0.1) is 12.6 Å². The highest BCUT2D eigenvalue weighted by atomic mass is 16.3. The molecule has 3 atom stereocenters. The Labute approximate surface area is 270 Å². The summed E-state index contributed by atoms with van der Waals surface area (Å²) in [5, 5.41) is 1.17. The van der Waals surface area contributed by atoms with Gasteiger partial charge in [0.15, 0.2) is 5.76 Å². The number of benzene rings is 4. The lowest BCUT2D eigenvalue weighted by atomic mass is 9.82. The van der Waals surface area contributed by atoms with E-state index in [1.165, 1.54) is 27.6 Å². The first-order valence-electron chi connectivity index (χ1n) is 16.2. The van der Waals surface area contributed by atoms with E-state index in [9.17, 15) is 0 Å². The van der Waals surface area contributed by atoms with Crippen molar-refractivity contribution in [2.75, 3.05) is 0 Å². The van der Waals surface area contributed by atoms with Gasteiger partial charge in [0.2, 0.25) is 0 Å². The quantitative estimate of drug-likeness (QED) is 0.172. The van der Waals surface area contributed by atoms with Gasteiger partial charge in [0.25, 0.3) is 0 Å². The Morgan fingerprint density at radius 2 is 1.65 bits per heavy atom. The Morgan fingerprint density at radius 3 is 2.52 bits per heavy atom. The van der Waals surface area contributed by atoms with E-state index in [1.54, 1.807) is 0 Å². The average molecular weight is 598 g/mol. The minimum absolute atomic E-state index is 0.0475. The Kier molecular flexibility index (Phi) is 7.47. The van der Waals surface area contributed by atoms with Gasteiger partial charge < -0.3 is 4.42 Å². The molecule has 1 aromatic heterocycles. The second-order valence-corrected chi connectivity index (χ2v) is 12.3. The van der Waals surface area contributed by atoms with E-state index in [0.29, 0.717) is 6.54 Å². The molecule has 3 unspecified atom stereocenters. The molecular formula is C42H35N3O. The average Bonchev–Trinajstić information content (AvgIpc) is 3.52. The largest absolute Gasteiger partial charge is 0.454 e. The molecule has 0 saturated heterocycles. The third-order valence-electron chi connectivity index (χ3n) is 9.46. The number of rotatable bonds is 7. The summed E-state index contributed by atoms with van der Waals surface area (Å²) >= 11 is 0. The van der Waals surface area contributed by atoms with Crippen LogP contribution in [0.1, 0.15) is 59.2 Å². The molecule has 2 heterocycles. The van der Waals surface area contributed by atoms with Gasteiger partial charge in [0.1, 0.15) is 11.3 Å². The van der Waals surface area contributed by atoms with Gasteiger partial charge in [-0.05, 0) is 72.5 Å². The minimum atomic E-state index is -0.0475. The fraction of sp³-hybridized carbons (Fsp3) is 0.167. The molecule has 5 aromatic rings. The predicted molar refractivity (Wildman–Crippen MR) is 190 cm³/mol. The second kappa shape index (κ2) is 12.2. The highest BCUT2D eigenvalue weighted by Crippen LogP contribution is 2.44. The summed E-state index contributed by atoms with van der Waals surface area (Å²) in [5.41, 5.74) is 11.0. The molecule has 0 spiro atoms. The topological polar surface area (TPSA) is 50.2 Å². The third-order valence-corrected chi connectivity index (χ3v) is 9.46. The zero-order valence-corrected chi connectivity index (χ0v) is 25.7. The van der Waals surface area contributed by atoms with Crippen molar-refractivity contribution in [2.45, 2.75) is 37.8 Å². The maximum Gasteiger partial charge on any atom is 0.158 e. The van der Waals surface area contributed by atoms with E-state index in [4.69, 9.17) is 14.4 Å². The Bertz CT molecular complexity index is 2070. The molecule has 4 aromatic carbocycles. The van der Waals surface area contributed by atoms with Gasteiger partial charge in [-0.3, -0.25) is 9.98 Å². The first-order valence-corrected chi connectivity index (χ1v) is 16.2. The predicted octanol–water partition coefficient (Wildman–Crippen LogP) is 10.2. The molecule has 224 valence electrons. The van der Waals surface area contributed by atoms with Crippen LogP contribution in [-0.2, 0) is 6.54 Å². The van der Waals surface area contributed by atoms with Crippen LogP contribution in [0.15, 0.2) is 159 Å². The number of aliphatic imine (C=N–C) groups is 3. The molecule has 0 fully saturated rings. The van der Waals surface area contributed by atoms with E-state index in [1.807, 2.05) is 12.1 Å². The maximum atomic E-state index is 6.49. The number of para-hydroxylation sites is 1. The Hall–Kier alpha value is -5.35. The van der Waals surface area contributed by atoms with Gasteiger partial charge in [-0.1, -0.05) is 109 Å². The number of fused-ring (bicyclic) bond motifs is 5. The first-order chi connectivity index (χ1) is 22.8. The summed E-state index contributed by atoms with van der Waals surface area (Å²) in [6.45, 7) is 4.59. The summed E-state index contributed by atoms with van der Waals surface area (Å²) in [6.07, 6.45) is 13.8. The summed E-state index contributed by atoms with van der Waals surface area (Å²) < 4.78 is 6.49. The maximum absolute atomic E-state index is 6.49. The van der Waals surface area contributed by atoms with Crippen molar-refractivity contribution in [3.8, 4) is 11.1 Å². The van der Waals surface area contributed by atoms with E-state index in [0.717, 1.165) is 58.9 Å². The normalized spacial score (nSPS) is 20.1. The van der Waals surface area contributed by atoms with Gasteiger partial charge in [0, 0.05) is 39.8 Å². The van der Waals surface area contributed by atoms with E-state index in [-0.39, 0.29) is 17.9 Å². The van der Waals surface area contributed by atoms with E-state index in [2.05, 4.69) is 133 Å². The van der Waals surface area contributed by atoms with Crippen LogP contribution < -0.4 is 0 Å². The standard InChI is InChI=1S/C42H35N3O/c1-43-40(31-24-22-30(23-25-31)29-13-3-2-4-14-29)34-17-6-8-19-36(34)44-27-28-12-11-15-32(26-28)41-42-39(33-16-5-9-20-37(33)45-41)35-18-7-10-21-38(35)46-42/h2-5,7-15,18-26,33-34,40H,1,6,16-17,27H2/b44-36-. The monoisotopic (exact) mass is 597 g/mol. The summed E-state index contributed by atoms with van der Waals surface area (Å²) in [7, 11) is 0. The van der Waals surface area contributed by atoms with Crippen molar-refractivity contribution in [1.82, 2.24) is 0 Å². The molecule has 0 saturated carbocycles. The molecule has 2 aliphatic carbocycles. The Morgan fingerprint density at radius 1 is 0.848 bits per heavy atom. The van der Waals surface area contributed by atoms with Crippen molar-refractivity contribution in [2.24, 2.45) is 20.9 Å². The Balaban J connectivity index is 1.08. The highest BCUT2D eigenvalue weighted by Gasteiger charge is 2.33. The van der Waals surface area contributed by atoms with Gasteiger partial charge in [-0.25, -0.2) is 4.99 Å². The molecule has 46 heavy (non-hydrogen) atoms. The molecule has 0 N–H and O–H groups in total. The molecule has 0 radical (unpaired) electrons. The lowest BCUT2D eigenvalue weighted by molar-refractivity contribution is 0.516. The highest BCUT2D eigenvalue weighted by molar-refractivity contribution is 6.16. The lowest BCUT2D eigenvalue weighted by Gasteiger charge is -2.27. The zero-order chi connectivity index (χ0) is 30.9. The zero-order valence-electron chi connectivity index (χ0n) is 25.7. The van der Waals surface area contributed by atoms with Crippen molar-refractivity contribution < 1.29 is 4.42 Å². The van der Waals surface area contributed by atoms with Crippen molar-refractivity contribution in [3.63, 3.8) is 0 Å². The number of hydrogen-bond acceptors (Lipinski definition) is 4.